The quantitative estimate of drug-likeness (QED) is 0.347. The number of nitro benzene ring substituents is 1. The Morgan fingerprint density at radius 2 is 2.33 bits per heavy atom. The molecule has 0 saturated carbocycles. The summed E-state index contributed by atoms with van der Waals surface area (Å²) in [6.45, 7) is 0. The van der Waals surface area contributed by atoms with Crippen molar-refractivity contribution in [3.63, 3.8) is 0 Å². The van der Waals surface area contributed by atoms with E-state index >= 15 is 0 Å². The zero-order valence-corrected chi connectivity index (χ0v) is 10.5. The fourth-order valence-electron chi connectivity index (χ4n) is 1.25. The van der Waals surface area contributed by atoms with Gasteiger partial charge in [0.2, 0.25) is 0 Å². The Bertz CT molecular complexity index is 453. The van der Waals surface area contributed by atoms with Gasteiger partial charge in [-0.15, -0.1) is 11.8 Å². The molecule has 0 aromatic heterocycles. The van der Waals surface area contributed by atoms with E-state index in [1.165, 1.54) is 31.0 Å². The first-order chi connectivity index (χ1) is 8.58. The number of rotatable bonds is 6. The van der Waals surface area contributed by atoms with Gasteiger partial charge in [-0.1, -0.05) is 6.07 Å². The second-order valence-corrected chi connectivity index (χ2v) is 4.31. The molecule has 0 aliphatic heterocycles. The first kappa shape index (κ1) is 14.3. The van der Waals surface area contributed by atoms with E-state index in [4.69, 9.17) is 5.84 Å². The number of hydrogen-bond donors (Lipinski definition) is 2. The fraction of sp³-hybridized carbons (Fsp3) is 0.300. The summed E-state index contributed by atoms with van der Waals surface area (Å²) in [7, 11) is 1.31. The van der Waals surface area contributed by atoms with Crippen molar-refractivity contribution >= 4 is 29.1 Å². The third kappa shape index (κ3) is 3.90. The van der Waals surface area contributed by atoms with E-state index in [1.807, 2.05) is 0 Å². The van der Waals surface area contributed by atoms with E-state index in [0.29, 0.717) is 5.75 Å². The number of anilines is 1. The SMILES string of the molecule is COC(=O)CSCc1ccc(NN)c([N+](=O)[O-])c1. The van der Waals surface area contributed by atoms with Gasteiger partial charge in [-0.3, -0.25) is 20.8 Å². The standard InChI is InChI=1S/C10H13N3O4S/c1-17-10(14)6-18-5-7-2-3-8(12-11)9(4-7)13(15)16/h2-4,12H,5-6,11H2,1H3. The molecule has 0 radical (unpaired) electrons. The van der Waals surface area contributed by atoms with Crippen molar-refractivity contribution in [2.45, 2.75) is 5.75 Å². The number of esters is 1. The van der Waals surface area contributed by atoms with Gasteiger partial charge in [-0.25, -0.2) is 0 Å². The summed E-state index contributed by atoms with van der Waals surface area (Å²) in [4.78, 5) is 21.2. The third-order valence-corrected chi connectivity index (χ3v) is 3.11. The lowest BCUT2D eigenvalue weighted by Gasteiger charge is -2.05. The average molecular weight is 271 g/mol. The lowest BCUT2D eigenvalue weighted by molar-refractivity contribution is -0.384. The summed E-state index contributed by atoms with van der Waals surface area (Å²) in [5.41, 5.74) is 3.17. The molecule has 0 heterocycles. The summed E-state index contributed by atoms with van der Waals surface area (Å²) in [6, 6.07) is 4.68. The zero-order valence-electron chi connectivity index (χ0n) is 9.71. The number of ether oxygens (including phenoxy) is 1. The van der Waals surface area contributed by atoms with Crippen LogP contribution < -0.4 is 11.3 Å². The van der Waals surface area contributed by atoms with Gasteiger partial charge in [-0.05, 0) is 11.6 Å². The first-order valence-electron chi connectivity index (χ1n) is 4.97. The molecule has 1 rings (SSSR count). The summed E-state index contributed by atoms with van der Waals surface area (Å²) in [5.74, 6) is 5.55. The van der Waals surface area contributed by atoms with Crippen LogP contribution in [0.2, 0.25) is 0 Å². The summed E-state index contributed by atoms with van der Waals surface area (Å²) in [5, 5.41) is 10.8. The predicted octanol–water partition coefficient (Wildman–Crippen LogP) is 1.29. The number of nitrogen functional groups attached to an aromatic ring is 1. The molecule has 0 aliphatic carbocycles. The first-order valence-corrected chi connectivity index (χ1v) is 6.12. The van der Waals surface area contributed by atoms with Crippen LogP contribution in [0, 0.1) is 10.1 Å². The fourth-order valence-corrected chi connectivity index (χ4v) is 2.05. The van der Waals surface area contributed by atoms with Crippen LogP contribution in [0.5, 0.6) is 0 Å². The number of nitrogens with two attached hydrogens (primary N) is 1. The van der Waals surface area contributed by atoms with E-state index in [2.05, 4.69) is 10.2 Å². The maximum Gasteiger partial charge on any atom is 0.315 e. The van der Waals surface area contributed by atoms with Crippen molar-refractivity contribution in [1.82, 2.24) is 0 Å². The number of carbonyl (C=O) groups excluding carboxylic acids is 1. The number of benzene rings is 1. The lowest BCUT2D eigenvalue weighted by atomic mass is 10.2. The molecule has 1 aromatic carbocycles. The van der Waals surface area contributed by atoms with Crippen molar-refractivity contribution in [2.24, 2.45) is 5.84 Å². The molecule has 0 atom stereocenters. The van der Waals surface area contributed by atoms with Crippen LogP contribution in [0.25, 0.3) is 0 Å². The van der Waals surface area contributed by atoms with Crippen LogP contribution in [0.3, 0.4) is 0 Å². The molecule has 0 fully saturated rings. The van der Waals surface area contributed by atoms with Crippen molar-refractivity contribution < 1.29 is 14.5 Å². The molecule has 0 amide bonds. The number of methoxy groups -OCH3 is 1. The zero-order chi connectivity index (χ0) is 13.5. The molecule has 1 aromatic rings. The van der Waals surface area contributed by atoms with E-state index < -0.39 is 4.92 Å². The molecule has 0 spiro atoms. The maximum absolute atomic E-state index is 10.9. The third-order valence-electron chi connectivity index (χ3n) is 2.13. The number of nitro groups is 1. The highest BCUT2D eigenvalue weighted by atomic mass is 32.2. The van der Waals surface area contributed by atoms with Crippen LogP contribution in [0.15, 0.2) is 18.2 Å². The Kier molecular flexibility index (Phi) is 5.40. The summed E-state index contributed by atoms with van der Waals surface area (Å²) in [6.07, 6.45) is 0. The van der Waals surface area contributed by atoms with Gasteiger partial charge >= 0.3 is 5.97 Å². The molecule has 7 nitrogen and oxygen atoms in total. The number of carbonyl (C=O) groups is 1. The predicted molar refractivity (Wildman–Crippen MR) is 69.1 cm³/mol. The van der Waals surface area contributed by atoms with Crippen molar-refractivity contribution in [1.29, 1.82) is 0 Å². The van der Waals surface area contributed by atoms with Gasteiger partial charge in [0.25, 0.3) is 5.69 Å². The number of hydrazine groups is 1. The topological polar surface area (TPSA) is 107 Å². The monoisotopic (exact) mass is 271 g/mol. The van der Waals surface area contributed by atoms with E-state index in [-0.39, 0.29) is 23.1 Å². The van der Waals surface area contributed by atoms with Crippen molar-refractivity contribution in [2.75, 3.05) is 18.3 Å². The molecule has 0 unspecified atom stereocenters. The van der Waals surface area contributed by atoms with Crippen LogP contribution >= 0.6 is 11.8 Å². The summed E-state index contributed by atoms with van der Waals surface area (Å²) >= 11 is 1.32. The number of nitrogens with zero attached hydrogens (tertiary/aromatic N) is 1. The van der Waals surface area contributed by atoms with Gasteiger partial charge in [0, 0.05) is 11.8 Å². The highest BCUT2D eigenvalue weighted by molar-refractivity contribution is 7.99. The Morgan fingerprint density at radius 3 is 2.89 bits per heavy atom. The molecule has 0 bridgehead atoms. The molecule has 0 saturated heterocycles. The number of thioether (sulfide) groups is 1. The van der Waals surface area contributed by atoms with Crippen LogP contribution in [0.1, 0.15) is 5.56 Å². The van der Waals surface area contributed by atoms with Crippen molar-refractivity contribution in [3.8, 4) is 0 Å². The lowest BCUT2D eigenvalue weighted by Crippen LogP contribution is -2.09. The molecule has 8 heteroatoms. The van der Waals surface area contributed by atoms with Crippen molar-refractivity contribution in [3.05, 3.63) is 33.9 Å². The molecular formula is C10H13N3O4S. The van der Waals surface area contributed by atoms with Crippen LogP contribution in [0.4, 0.5) is 11.4 Å². The molecule has 18 heavy (non-hydrogen) atoms. The maximum atomic E-state index is 10.9. The van der Waals surface area contributed by atoms with Gasteiger partial charge < -0.3 is 10.2 Å². The number of nitrogens with one attached hydrogen (secondary N) is 1. The minimum atomic E-state index is -0.510. The van der Waals surface area contributed by atoms with Gasteiger partial charge in [0.15, 0.2) is 0 Å². The Labute approximate surface area is 108 Å². The molecular weight excluding hydrogens is 258 g/mol. The highest BCUT2D eigenvalue weighted by Crippen LogP contribution is 2.26. The normalized spacial score (nSPS) is 9.89. The van der Waals surface area contributed by atoms with Gasteiger partial charge in [0.1, 0.15) is 5.69 Å². The Hall–Kier alpha value is -1.80. The van der Waals surface area contributed by atoms with Gasteiger partial charge in [0.05, 0.1) is 17.8 Å². The molecule has 0 aliphatic rings. The van der Waals surface area contributed by atoms with E-state index in [1.54, 1.807) is 6.07 Å². The Balaban J connectivity index is 2.70. The summed E-state index contributed by atoms with van der Waals surface area (Å²) < 4.78 is 4.49. The van der Waals surface area contributed by atoms with Crippen LogP contribution in [-0.2, 0) is 15.3 Å². The Morgan fingerprint density at radius 1 is 1.61 bits per heavy atom. The highest BCUT2D eigenvalue weighted by Gasteiger charge is 2.13. The van der Waals surface area contributed by atoms with E-state index in [0.717, 1.165) is 5.56 Å². The molecule has 98 valence electrons. The molecule has 3 N–H and O–H groups in total. The second kappa shape index (κ2) is 6.82. The largest absolute Gasteiger partial charge is 0.468 e. The minimum absolute atomic E-state index is 0.0892. The second-order valence-electron chi connectivity index (χ2n) is 3.32. The number of hydrogen-bond acceptors (Lipinski definition) is 7. The minimum Gasteiger partial charge on any atom is -0.468 e. The average Bonchev–Trinajstić information content (AvgIpc) is 2.38. The smallest absolute Gasteiger partial charge is 0.315 e. The van der Waals surface area contributed by atoms with Crippen LogP contribution in [-0.4, -0.2) is 23.8 Å². The van der Waals surface area contributed by atoms with Gasteiger partial charge in [-0.2, -0.15) is 0 Å². The van der Waals surface area contributed by atoms with E-state index in [9.17, 15) is 14.9 Å².